The van der Waals surface area contributed by atoms with Crippen LogP contribution in [-0.4, -0.2) is 14.7 Å². The third kappa shape index (κ3) is 0.621. The molecule has 0 aliphatic heterocycles. The molecule has 0 saturated heterocycles. The van der Waals surface area contributed by atoms with Gasteiger partial charge in [-0.2, -0.15) is 0 Å². The van der Waals surface area contributed by atoms with Gasteiger partial charge in [0.2, 0.25) is 0 Å². The molecule has 50 valence electrons. The van der Waals surface area contributed by atoms with Crippen molar-refractivity contribution in [2.45, 2.75) is 0 Å². The Kier molecular flexibility index (Phi) is 0.887. The predicted molar refractivity (Wildman–Crippen MR) is 36.3 cm³/mol. The Bertz CT molecular complexity index is 322. The molecule has 0 radical (unpaired) electrons. The third-order valence-corrected chi connectivity index (χ3v) is 1.29. The van der Waals surface area contributed by atoms with Crippen LogP contribution in [0.3, 0.4) is 0 Å². The van der Waals surface area contributed by atoms with Gasteiger partial charge in [0.1, 0.15) is 6.33 Å². The second-order valence-corrected chi connectivity index (χ2v) is 1.98. The summed E-state index contributed by atoms with van der Waals surface area (Å²) in [4.78, 5) is 7.63. The van der Waals surface area contributed by atoms with Crippen molar-refractivity contribution in [3.8, 4) is 0 Å². The van der Waals surface area contributed by atoms with Gasteiger partial charge in [-0.15, -0.1) is 0 Å². The Morgan fingerprint density at radius 3 is 3.10 bits per heavy atom. The summed E-state index contributed by atoms with van der Waals surface area (Å²) < 4.78 is 0.722. The van der Waals surface area contributed by atoms with Gasteiger partial charge in [-0.1, -0.05) is 0 Å². The molecule has 0 amide bonds. The highest BCUT2D eigenvalue weighted by Crippen LogP contribution is 2.08. The van der Waals surface area contributed by atoms with Crippen LogP contribution in [0, 0.1) is 5.21 Å². The second kappa shape index (κ2) is 1.70. The number of aromatic nitrogens is 3. The van der Waals surface area contributed by atoms with Crippen molar-refractivity contribution in [3.05, 3.63) is 30.1 Å². The summed E-state index contributed by atoms with van der Waals surface area (Å²) in [6.45, 7) is 0. The van der Waals surface area contributed by atoms with Crippen LogP contribution in [0.2, 0.25) is 0 Å². The summed E-state index contributed by atoms with van der Waals surface area (Å²) >= 11 is 0. The summed E-state index contributed by atoms with van der Waals surface area (Å²) in [6.07, 6.45) is 5.88. The largest absolute Gasteiger partial charge is 0.806 e. The molecule has 4 heteroatoms. The van der Waals surface area contributed by atoms with Gasteiger partial charge >= 0.3 is 0 Å². The Morgan fingerprint density at radius 2 is 2.30 bits per heavy atom. The molecule has 0 bridgehead atoms. The van der Waals surface area contributed by atoms with E-state index in [1.54, 1.807) is 6.20 Å². The molecule has 0 atom stereocenters. The summed E-state index contributed by atoms with van der Waals surface area (Å²) in [7, 11) is 0. The Labute approximate surface area is 56.7 Å². The SMILES string of the molecule is [O-]n1cc2cncnc2c1. The van der Waals surface area contributed by atoms with Crippen LogP contribution in [0.25, 0.3) is 10.9 Å². The van der Waals surface area contributed by atoms with E-state index in [2.05, 4.69) is 9.97 Å². The smallest absolute Gasteiger partial charge is 0.116 e. The first kappa shape index (κ1) is 5.22. The number of fused-ring (bicyclic) bond motifs is 1. The van der Waals surface area contributed by atoms with Crippen LogP contribution in [-0.2, 0) is 0 Å². The fourth-order valence-electron chi connectivity index (χ4n) is 0.852. The molecule has 0 N–H and O–H groups in total. The molecular weight excluding hydrogens is 130 g/mol. The van der Waals surface area contributed by atoms with Crippen LogP contribution in [0.1, 0.15) is 0 Å². The van der Waals surface area contributed by atoms with Gasteiger partial charge in [0.25, 0.3) is 0 Å². The maximum Gasteiger partial charge on any atom is 0.116 e. The molecule has 0 spiro atoms. The minimum Gasteiger partial charge on any atom is -0.806 e. The average molecular weight is 134 g/mol. The lowest BCUT2D eigenvalue weighted by atomic mass is 10.4. The van der Waals surface area contributed by atoms with E-state index in [9.17, 15) is 5.21 Å². The van der Waals surface area contributed by atoms with Gasteiger partial charge in [-0.25, -0.2) is 9.97 Å². The van der Waals surface area contributed by atoms with E-state index < -0.39 is 0 Å². The summed E-state index contributed by atoms with van der Waals surface area (Å²) in [5.41, 5.74) is 0.685. The fraction of sp³-hybridized carbons (Fsp3) is 0. The van der Waals surface area contributed by atoms with Gasteiger partial charge in [-0.05, 0) is 0 Å². The predicted octanol–water partition coefficient (Wildman–Crippen LogP) is 0.777. The maximum absolute atomic E-state index is 10.6. The minimum absolute atomic E-state index is 0.685. The van der Waals surface area contributed by atoms with Crippen molar-refractivity contribution in [2.75, 3.05) is 0 Å². The average Bonchev–Trinajstić information content (AvgIpc) is 2.27. The quantitative estimate of drug-likeness (QED) is 0.534. The van der Waals surface area contributed by atoms with E-state index in [1.165, 1.54) is 18.7 Å². The molecule has 2 aromatic rings. The number of rotatable bonds is 0. The van der Waals surface area contributed by atoms with Gasteiger partial charge < -0.3 is 9.94 Å². The molecule has 0 fully saturated rings. The van der Waals surface area contributed by atoms with Crippen LogP contribution >= 0.6 is 0 Å². The first-order valence-corrected chi connectivity index (χ1v) is 2.81. The standard InChI is InChI=1S/C6H4N3O/c10-9-2-5-1-7-4-8-6(5)3-9/h1-4H/q-1. The minimum atomic E-state index is 0.685. The zero-order valence-electron chi connectivity index (χ0n) is 5.06. The summed E-state index contributed by atoms with van der Waals surface area (Å²) in [5, 5.41) is 11.4. The van der Waals surface area contributed by atoms with Crippen LogP contribution in [0.4, 0.5) is 0 Å². The van der Waals surface area contributed by atoms with Crippen molar-refractivity contribution >= 4 is 10.9 Å². The van der Waals surface area contributed by atoms with E-state index in [0.717, 1.165) is 10.1 Å². The molecule has 0 aliphatic carbocycles. The topological polar surface area (TPSA) is 53.8 Å². The van der Waals surface area contributed by atoms with Crippen molar-refractivity contribution < 1.29 is 0 Å². The van der Waals surface area contributed by atoms with Gasteiger partial charge in [0.15, 0.2) is 0 Å². The zero-order valence-corrected chi connectivity index (χ0v) is 5.06. The van der Waals surface area contributed by atoms with E-state index in [-0.39, 0.29) is 0 Å². The van der Waals surface area contributed by atoms with E-state index in [1.807, 2.05) is 0 Å². The van der Waals surface area contributed by atoms with Crippen LogP contribution in [0.5, 0.6) is 0 Å². The summed E-state index contributed by atoms with van der Waals surface area (Å²) in [5.74, 6) is 0. The number of hydrogen-bond donors (Lipinski definition) is 0. The lowest BCUT2D eigenvalue weighted by molar-refractivity contribution is 1.11. The van der Waals surface area contributed by atoms with Gasteiger partial charge in [-0.3, -0.25) is 0 Å². The zero-order chi connectivity index (χ0) is 6.97. The molecular formula is C6H4N3O-. The Morgan fingerprint density at radius 1 is 1.40 bits per heavy atom. The number of nitrogens with zero attached hydrogens (tertiary/aromatic N) is 3. The molecule has 10 heavy (non-hydrogen) atoms. The molecule has 0 aliphatic rings. The molecule has 2 aromatic heterocycles. The highest BCUT2D eigenvalue weighted by Gasteiger charge is 1.91. The fourth-order valence-corrected chi connectivity index (χ4v) is 0.852. The lowest BCUT2D eigenvalue weighted by Crippen LogP contribution is -1.73. The van der Waals surface area contributed by atoms with E-state index in [4.69, 9.17) is 0 Å². The van der Waals surface area contributed by atoms with Crippen molar-refractivity contribution in [2.24, 2.45) is 0 Å². The maximum atomic E-state index is 10.6. The first-order chi connectivity index (χ1) is 4.86. The van der Waals surface area contributed by atoms with E-state index >= 15 is 0 Å². The second-order valence-electron chi connectivity index (χ2n) is 1.98. The molecule has 0 unspecified atom stereocenters. The molecule has 0 saturated carbocycles. The van der Waals surface area contributed by atoms with Crippen molar-refractivity contribution in [1.82, 2.24) is 14.7 Å². The molecule has 4 nitrogen and oxygen atoms in total. The van der Waals surface area contributed by atoms with Crippen LogP contribution < -0.4 is 0 Å². The highest BCUT2D eigenvalue weighted by atomic mass is 16.5. The van der Waals surface area contributed by atoms with Gasteiger partial charge in [0.05, 0.1) is 5.52 Å². The van der Waals surface area contributed by atoms with Crippen molar-refractivity contribution in [1.29, 1.82) is 0 Å². The molecule has 2 heterocycles. The summed E-state index contributed by atoms with van der Waals surface area (Å²) in [6, 6.07) is 0. The number of hydrogen-bond acceptors (Lipinski definition) is 3. The third-order valence-electron chi connectivity index (χ3n) is 1.29. The molecule has 2 rings (SSSR count). The normalized spacial score (nSPS) is 10.4. The first-order valence-electron chi connectivity index (χ1n) is 2.81. The highest BCUT2D eigenvalue weighted by molar-refractivity contribution is 5.76. The van der Waals surface area contributed by atoms with Gasteiger partial charge in [0, 0.05) is 24.0 Å². The monoisotopic (exact) mass is 134 g/mol. The molecule has 0 aromatic carbocycles. The van der Waals surface area contributed by atoms with E-state index in [0.29, 0.717) is 5.52 Å². The van der Waals surface area contributed by atoms with Crippen LogP contribution in [0.15, 0.2) is 24.9 Å². The Balaban J connectivity index is 2.88. The lowest BCUT2D eigenvalue weighted by Gasteiger charge is -1.99. The Hall–Kier alpha value is -1.58. The van der Waals surface area contributed by atoms with Crippen molar-refractivity contribution in [3.63, 3.8) is 0 Å².